The van der Waals surface area contributed by atoms with Crippen LogP contribution in [0.4, 0.5) is 0 Å². The number of hydrogen-bond donors (Lipinski definition) is 0. The second-order valence-electron chi connectivity index (χ2n) is 7.21. The first-order chi connectivity index (χ1) is 14.3. The molecule has 3 aromatic rings. The van der Waals surface area contributed by atoms with E-state index >= 15 is 0 Å². The normalized spacial score (nSPS) is 18.5. The Hall–Kier alpha value is -3.42. The van der Waals surface area contributed by atoms with Crippen molar-refractivity contribution in [2.24, 2.45) is 0 Å². The predicted molar refractivity (Wildman–Crippen MR) is 104 cm³/mol. The molecule has 0 aliphatic carbocycles. The predicted octanol–water partition coefficient (Wildman–Crippen LogP) is 2.80. The van der Waals surface area contributed by atoms with Crippen LogP contribution < -0.4 is 9.47 Å². The van der Waals surface area contributed by atoms with Crippen molar-refractivity contribution in [1.82, 2.24) is 25.1 Å². The zero-order chi connectivity index (χ0) is 19.6. The summed E-state index contributed by atoms with van der Waals surface area (Å²) in [4.78, 5) is 15.1. The highest BCUT2D eigenvalue weighted by Crippen LogP contribution is 2.38. The van der Waals surface area contributed by atoms with Crippen LogP contribution in [0, 0.1) is 0 Å². The van der Waals surface area contributed by atoms with Crippen LogP contribution >= 0.6 is 0 Å². The van der Waals surface area contributed by atoms with Crippen molar-refractivity contribution in [2.75, 3.05) is 19.8 Å². The molecule has 1 unspecified atom stereocenters. The fourth-order valence-electron chi connectivity index (χ4n) is 3.95. The van der Waals surface area contributed by atoms with E-state index in [0.717, 1.165) is 48.6 Å². The molecule has 0 radical (unpaired) electrons. The second kappa shape index (κ2) is 7.54. The number of ether oxygens (including phenoxy) is 2. The highest BCUT2D eigenvalue weighted by molar-refractivity contribution is 5.94. The summed E-state index contributed by atoms with van der Waals surface area (Å²) in [6, 6.07) is 13.4. The standard InChI is InChI=1S/C21H21N5O3/c27-21(15-4-7-17(8-5-15)26-14-22-23-24-26)25-10-1-3-18(25)16-6-9-19-20(13-16)29-12-2-11-28-19/h4-9,13-14,18H,1-3,10-12H2. The molecule has 3 heterocycles. The number of nitrogens with zero attached hydrogens (tertiary/aromatic N) is 5. The van der Waals surface area contributed by atoms with E-state index in [1.54, 1.807) is 4.68 Å². The molecule has 8 heteroatoms. The maximum Gasteiger partial charge on any atom is 0.254 e. The SMILES string of the molecule is O=C(c1ccc(-n2cnnn2)cc1)N1CCCC1c1ccc2c(c1)OCCCO2. The van der Waals surface area contributed by atoms with E-state index in [4.69, 9.17) is 9.47 Å². The fourth-order valence-corrected chi connectivity index (χ4v) is 3.95. The van der Waals surface area contributed by atoms with E-state index in [0.29, 0.717) is 18.8 Å². The molecule has 1 saturated heterocycles. The number of carbonyl (C=O) groups excluding carboxylic acids is 1. The van der Waals surface area contributed by atoms with Crippen molar-refractivity contribution in [2.45, 2.75) is 25.3 Å². The molecule has 0 bridgehead atoms. The van der Waals surface area contributed by atoms with Crippen LogP contribution in [0.2, 0.25) is 0 Å². The van der Waals surface area contributed by atoms with Gasteiger partial charge in [0, 0.05) is 18.5 Å². The lowest BCUT2D eigenvalue weighted by Gasteiger charge is -2.26. The van der Waals surface area contributed by atoms with Gasteiger partial charge in [0.25, 0.3) is 5.91 Å². The van der Waals surface area contributed by atoms with Gasteiger partial charge in [-0.3, -0.25) is 4.79 Å². The zero-order valence-corrected chi connectivity index (χ0v) is 15.9. The Bertz CT molecular complexity index is 1000. The summed E-state index contributed by atoms with van der Waals surface area (Å²) in [5, 5.41) is 11.1. The van der Waals surface area contributed by atoms with Crippen molar-refractivity contribution in [1.29, 1.82) is 0 Å². The minimum absolute atomic E-state index is 0.0304. The third kappa shape index (κ3) is 3.41. The quantitative estimate of drug-likeness (QED) is 0.683. The minimum atomic E-state index is 0.0304. The summed E-state index contributed by atoms with van der Waals surface area (Å²) in [6.07, 6.45) is 4.32. The van der Waals surface area contributed by atoms with Gasteiger partial charge < -0.3 is 14.4 Å². The molecule has 5 rings (SSSR count). The molecule has 1 fully saturated rings. The van der Waals surface area contributed by atoms with Crippen LogP contribution in [0.15, 0.2) is 48.8 Å². The Labute approximate surface area is 168 Å². The summed E-state index contributed by atoms with van der Waals surface area (Å²) in [5.41, 5.74) is 2.56. The van der Waals surface area contributed by atoms with Crippen LogP contribution in [-0.4, -0.2) is 50.8 Å². The average Bonchev–Trinajstić information content (AvgIpc) is 3.42. The molecule has 0 spiro atoms. The average molecular weight is 391 g/mol. The number of hydrogen-bond acceptors (Lipinski definition) is 6. The van der Waals surface area contributed by atoms with Crippen LogP contribution in [0.3, 0.4) is 0 Å². The van der Waals surface area contributed by atoms with Gasteiger partial charge in [0.15, 0.2) is 11.5 Å². The van der Waals surface area contributed by atoms with E-state index in [-0.39, 0.29) is 11.9 Å². The lowest BCUT2D eigenvalue weighted by molar-refractivity contribution is 0.0735. The van der Waals surface area contributed by atoms with Gasteiger partial charge in [-0.1, -0.05) is 6.07 Å². The summed E-state index contributed by atoms with van der Waals surface area (Å²) < 4.78 is 13.1. The number of tetrazole rings is 1. The monoisotopic (exact) mass is 391 g/mol. The summed E-state index contributed by atoms with van der Waals surface area (Å²) in [7, 11) is 0. The van der Waals surface area contributed by atoms with Crippen LogP contribution in [0.1, 0.15) is 41.2 Å². The molecular weight excluding hydrogens is 370 g/mol. The molecule has 1 aromatic heterocycles. The van der Waals surface area contributed by atoms with Crippen molar-refractivity contribution in [3.8, 4) is 17.2 Å². The van der Waals surface area contributed by atoms with Gasteiger partial charge in [0.2, 0.25) is 0 Å². The molecule has 29 heavy (non-hydrogen) atoms. The smallest absolute Gasteiger partial charge is 0.254 e. The van der Waals surface area contributed by atoms with E-state index in [1.807, 2.05) is 47.4 Å². The minimum Gasteiger partial charge on any atom is -0.490 e. The molecule has 8 nitrogen and oxygen atoms in total. The highest BCUT2D eigenvalue weighted by Gasteiger charge is 2.31. The van der Waals surface area contributed by atoms with Gasteiger partial charge in [0.1, 0.15) is 6.33 Å². The molecule has 0 saturated carbocycles. The van der Waals surface area contributed by atoms with Crippen molar-refractivity contribution >= 4 is 5.91 Å². The number of fused-ring (bicyclic) bond motifs is 1. The van der Waals surface area contributed by atoms with Gasteiger partial charge >= 0.3 is 0 Å². The number of carbonyl (C=O) groups is 1. The molecular formula is C21H21N5O3. The number of rotatable bonds is 3. The summed E-state index contributed by atoms with van der Waals surface area (Å²) in [6.45, 7) is 2.06. The topological polar surface area (TPSA) is 82.4 Å². The number of benzene rings is 2. The van der Waals surface area contributed by atoms with E-state index < -0.39 is 0 Å². The van der Waals surface area contributed by atoms with Gasteiger partial charge in [-0.25, -0.2) is 4.68 Å². The van der Waals surface area contributed by atoms with Crippen LogP contribution in [0.5, 0.6) is 11.5 Å². The maximum absolute atomic E-state index is 13.2. The van der Waals surface area contributed by atoms with Gasteiger partial charge in [-0.2, -0.15) is 0 Å². The van der Waals surface area contributed by atoms with Crippen LogP contribution in [0.25, 0.3) is 5.69 Å². The Morgan fingerprint density at radius 2 is 1.83 bits per heavy atom. The summed E-state index contributed by atoms with van der Waals surface area (Å²) >= 11 is 0. The first-order valence-corrected chi connectivity index (χ1v) is 9.83. The van der Waals surface area contributed by atoms with Gasteiger partial charge in [-0.15, -0.1) is 5.10 Å². The maximum atomic E-state index is 13.2. The molecule has 2 aromatic carbocycles. The third-order valence-electron chi connectivity index (χ3n) is 5.40. The largest absolute Gasteiger partial charge is 0.490 e. The molecule has 0 N–H and O–H groups in total. The number of likely N-dealkylation sites (tertiary alicyclic amines) is 1. The lowest BCUT2D eigenvalue weighted by Crippen LogP contribution is -2.30. The molecule has 148 valence electrons. The Kier molecular flexibility index (Phi) is 4.59. The van der Waals surface area contributed by atoms with Gasteiger partial charge in [-0.05, 0) is 65.2 Å². The molecule has 1 atom stereocenters. The first-order valence-electron chi connectivity index (χ1n) is 9.83. The zero-order valence-electron chi connectivity index (χ0n) is 15.9. The third-order valence-corrected chi connectivity index (χ3v) is 5.40. The van der Waals surface area contributed by atoms with Crippen molar-refractivity contribution in [3.63, 3.8) is 0 Å². The molecule has 1 amide bonds. The first kappa shape index (κ1) is 17.7. The van der Waals surface area contributed by atoms with Crippen molar-refractivity contribution in [3.05, 3.63) is 59.9 Å². The lowest BCUT2D eigenvalue weighted by atomic mass is 10.0. The highest BCUT2D eigenvalue weighted by atomic mass is 16.5. The molecule has 2 aliphatic heterocycles. The summed E-state index contributed by atoms with van der Waals surface area (Å²) in [5.74, 6) is 1.58. The number of aromatic nitrogens is 4. The number of amides is 1. The van der Waals surface area contributed by atoms with Crippen LogP contribution in [-0.2, 0) is 0 Å². The van der Waals surface area contributed by atoms with E-state index in [9.17, 15) is 4.79 Å². The Morgan fingerprint density at radius 3 is 2.62 bits per heavy atom. The van der Waals surface area contributed by atoms with E-state index in [1.165, 1.54) is 6.33 Å². The fraction of sp³-hybridized carbons (Fsp3) is 0.333. The second-order valence-corrected chi connectivity index (χ2v) is 7.21. The van der Waals surface area contributed by atoms with Crippen molar-refractivity contribution < 1.29 is 14.3 Å². The van der Waals surface area contributed by atoms with E-state index in [2.05, 4.69) is 15.5 Å². The Morgan fingerprint density at radius 1 is 1.00 bits per heavy atom. The Balaban J connectivity index is 1.38. The van der Waals surface area contributed by atoms with Gasteiger partial charge in [0.05, 0.1) is 24.9 Å². The molecule has 2 aliphatic rings.